The fourth-order valence-electron chi connectivity index (χ4n) is 4.18. The summed E-state index contributed by atoms with van der Waals surface area (Å²) in [7, 11) is 4.68. The Balaban J connectivity index is 1.31. The van der Waals surface area contributed by atoms with Crippen molar-refractivity contribution in [2.24, 2.45) is 5.92 Å². The summed E-state index contributed by atoms with van der Waals surface area (Å²) in [5.74, 6) is 0.167. The zero-order valence-corrected chi connectivity index (χ0v) is 22.2. The van der Waals surface area contributed by atoms with E-state index < -0.39 is 5.92 Å². The van der Waals surface area contributed by atoms with E-state index in [2.05, 4.69) is 20.9 Å². The molecule has 1 aliphatic rings. The van der Waals surface area contributed by atoms with Crippen LogP contribution in [0.3, 0.4) is 0 Å². The summed E-state index contributed by atoms with van der Waals surface area (Å²) in [6.45, 7) is 1.51. The summed E-state index contributed by atoms with van der Waals surface area (Å²) in [5, 5.41) is 13.8. The summed E-state index contributed by atoms with van der Waals surface area (Å²) in [6.07, 6.45) is 2.22. The Morgan fingerprint density at radius 1 is 1.08 bits per heavy atom. The van der Waals surface area contributed by atoms with Crippen LogP contribution in [0.1, 0.15) is 12.8 Å². The number of nitrogens with zero attached hydrogens (tertiary/aromatic N) is 4. The van der Waals surface area contributed by atoms with Gasteiger partial charge < -0.3 is 29.7 Å². The molecule has 1 atom stereocenters. The summed E-state index contributed by atoms with van der Waals surface area (Å²) >= 11 is 0. The highest BCUT2D eigenvalue weighted by atomic mass is 16.5. The van der Waals surface area contributed by atoms with Gasteiger partial charge in [-0.1, -0.05) is 17.3 Å². The van der Waals surface area contributed by atoms with Crippen LogP contribution < -0.4 is 25.0 Å². The molecule has 3 amide bonds. The Labute approximate surface area is 226 Å². The average Bonchev–Trinajstić information content (AvgIpc) is 3.59. The first kappa shape index (κ1) is 27.6. The van der Waals surface area contributed by atoms with Crippen molar-refractivity contribution < 1.29 is 28.6 Å². The highest BCUT2D eigenvalue weighted by Gasteiger charge is 2.36. The molecule has 1 saturated heterocycles. The van der Waals surface area contributed by atoms with Gasteiger partial charge in [0.2, 0.25) is 17.7 Å². The SMILES string of the molecule is CNC(=O)CCOCCn1cc(-c2ccc(NC(=O)C3CC(=O)N(c4cc(OC)ccc4OC)C3)cc2)nn1. The van der Waals surface area contributed by atoms with Gasteiger partial charge in [-0.15, -0.1) is 5.10 Å². The third kappa shape index (κ3) is 6.90. The first-order valence-electron chi connectivity index (χ1n) is 12.5. The van der Waals surface area contributed by atoms with Crippen LogP contribution in [0.15, 0.2) is 48.7 Å². The van der Waals surface area contributed by atoms with Gasteiger partial charge in [0.15, 0.2) is 0 Å². The van der Waals surface area contributed by atoms with Crippen molar-refractivity contribution in [2.75, 3.05) is 51.2 Å². The minimum atomic E-state index is -0.508. The molecule has 0 aliphatic carbocycles. The Morgan fingerprint density at radius 3 is 2.59 bits per heavy atom. The number of rotatable bonds is 12. The van der Waals surface area contributed by atoms with E-state index in [1.54, 1.807) is 60.3 Å². The zero-order valence-electron chi connectivity index (χ0n) is 22.2. The van der Waals surface area contributed by atoms with E-state index in [-0.39, 0.29) is 30.7 Å². The fraction of sp³-hybridized carbons (Fsp3) is 0.370. The van der Waals surface area contributed by atoms with Crippen LogP contribution in [0.4, 0.5) is 11.4 Å². The molecule has 1 aromatic heterocycles. The molecule has 4 rings (SSSR count). The first-order chi connectivity index (χ1) is 18.9. The van der Waals surface area contributed by atoms with Crippen LogP contribution in [-0.2, 0) is 25.7 Å². The number of benzene rings is 2. The van der Waals surface area contributed by atoms with Gasteiger partial charge in [-0.3, -0.25) is 14.4 Å². The predicted molar refractivity (Wildman–Crippen MR) is 144 cm³/mol. The lowest BCUT2D eigenvalue weighted by atomic mass is 10.1. The van der Waals surface area contributed by atoms with Gasteiger partial charge in [-0.05, 0) is 24.3 Å². The molecule has 12 heteroatoms. The van der Waals surface area contributed by atoms with Crippen LogP contribution in [0.5, 0.6) is 11.5 Å². The molecule has 0 bridgehead atoms. The highest BCUT2D eigenvalue weighted by Crippen LogP contribution is 2.36. The van der Waals surface area contributed by atoms with Crippen LogP contribution in [-0.4, -0.2) is 73.7 Å². The number of hydrogen-bond acceptors (Lipinski definition) is 8. The molecule has 12 nitrogen and oxygen atoms in total. The molecule has 1 fully saturated rings. The molecule has 0 radical (unpaired) electrons. The third-order valence-electron chi connectivity index (χ3n) is 6.38. The van der Waals surface area contributed by atoms with E-state index in [0.29, 0.717) is 54.7 Å². The van der Waals surface area contributed by atoms with Gasteiger partial charge in [0, 0.05) is 43.8 Å². The van der Waals surface area contributed by atoms with Crippen molar-refractivity contribution in [2.45, 2.75) is 19.4 Å². The summed E-state index contributed by atoms with van der Waals surface area (Å²) in [5.41, 5.74) is 2.71. The number of carbonyl (C=O) groups is 3. The van der Waals surface area contributed by atoms with Crippen molar-refractivity contribution in [3.8, 4) is 22.8 Å². The molecule has 3 aromatic rings. The second kappa shape index (κ2) is 12.9. The van der Waals surface area contributed by atoms with E-state index in [4.69, 9.17) is 14.2 Å². The van der Waals surface area contributed by atoms with E-state index in [1.807, 2.05) is 12.1 Å². The summed E-state index contributed by atoms with van der Waals surface area (Å²) in [6, 6.07) is 12.5. The molecule has 1 aliphatic heterocycles. The normalized spacial score (nSPS) is 14.8. The third-order valence-corrected chi connectivity index (χ3v) is 6.38. The van der Waals surface area contributed by atoms with Crippen molar-refractivity contribution in [1.82, 2.24) is 20.3 Å². The number of carbonyl (C=O) groups excluding carboxylic acids is 3. The van der Waals surface area contributed by atoms with E-state index in [9.17, 15) is 14.4 Å². The monoisotopic (exact) mass is 536 g/mol. The molecular formula is C27H32N6O6. The highest BCUT2D eigenvalue weighted by molar-refractivity contribution is 6.04. The molecule has 39 heavy (non-hydrogen) atoms. The number of methoxy groups -OCH3 is 2. The first-order valence-corrected chi connectivity index (χ1v) is 12.5. The number of ether oxygens (including phenoxy) is 3. The topological polar surface area (TPSA) is 137 Å². The van der Waals surface area contributed by atoms with Crippen molar-refractivity contribution in [3.63, 3.8) is 0 Å². The molecular weight excluding hydrogens is 504 g/mol. The maximum atomic E-state index is 13.0. The quantitative estimate of drug-likeness (QED) is 0.336. The largest absolute Gasteiger partial charge is 0.497 e. The minimum Gasteiger partial charge on any atom is -0.497 e. The van der Waals surface area contributed by atoms with Gasteiger partial charge in [0.25, 0.3) is 0 Å². The van der Waals surface area contributed by atoms with Crippen molar-refractivity contribution in [3.05, 3.63) is 48.7 Å². The Bertz CT molecular complexity index is 1310. The smallest absolute Gasteiger partial charge is 0.229 e. The molecule has 2 aromatic carbocycles. The predicted octanol–water partition coefficient (Wildman–Crippen LogP) is 2.11. The lowest BCUT2D eigenvalue weighted by Crippen LogP contribution is -2.28. The lowest BCUT2D eigenvalue weighted by Gasteiger charge is -2.20. The van der Waals surface area contributed by atoms with Crippen LogP contribution >= 0.6 is 0 Å². The maximum Gasteiger partial charge on any atom is 0.229 e. The van der Waals surface area contributed by atoms with Gasteiger partial charge in [-0.25, -0.2) is 4.68 Å². The number of anilines is 2. The average molecular weight is 537 g/mol. The standard InChI is InChI=1S/C27H32N6O6/c1-28-25(34)10-12-39-13-11-32-17-22(30-31-32)18-4-6-20(7-5-18)29-27(36)19-14-26(35)33(16-19)23-15-21(37-2)8-9-24(23)38-3/h4-9,15,17,19H,10-14,16H2,1-3H3,(H,28,34)(H,29,36). The second-order valence-corrected chi connectivity index (χ2v) is 8.91. The Kier molecular flexibility index (Phi) is 9.10. The molecule has 1 unspecified atom stereocenters. The van der Waals surface area contributed by atoms with E-state index >= 15 is 0 Å². The molecule has 0 saturated carbocycles. The Morgan fingerprint density at radius 2 is 1.87 bits per heavy atom. The van der Waals surface area contributed by atoms with Crippen molar-refractivity contribution in [1.29, 1.82) is 0 Å². The summed E-state index contributed by atoms with van der Waals surface area (Å²) in [4.78, 5) is 38.5. The second-order valence-electron chi connectivity index (χ2n) is 8.91. The van der Waals surface area contributed by atoms with Crippen LogP contribution in [0.2, 0.25) is 0 Å². The minimum absolute atomic E-state index is 0.0646. The molecule has 206 valence electrons. The number of nitrogens with one attached hydrogen (secondary N) is 2. The number of aromatic nitrogens is 3. The summed E-state index contributed by atoms with van der Waals surface area (Å²) < 4.78 is 17.8. The van der Waals surface area contributed by atoms with Crippen LogP contribution in [0, 0.1) is 5.92 Å². The molecule has 2 N–H and O–H groups in total. The zero-order chi connectivity index (χ0) is 27.8. The Hall–Kier alpha value is -4.45. The van der Waals surface area contributed by atoms with Gasteiger partial charge in [-0.2, -0.15) is 0 Å². The van der Waals surface area contributed by atoms with E-state index in [0.717, 1.165) is 5.56 Å². The number of hydrogen-bond donors (Lipinski definition) is 2. The number of amides is 3. The molecule has 2 heterocycles. The van der Waals surface area contributed by atoms with Crippen molar-refractivity contribution >= 4 is 29.1 Å². The van der Waals surface area contributed by atoms with Gasteiger partial charge in [0.1, 0.15) is 17.2 Å². The van der Waals surface area contributed by atoms with Crippen LogP contribution in [0.25, 0.3) is 11.3 Å². The lowest BCUT2D eigenvalue weighted by molar-refractivity contribution is -0.122. The van der Waals surface area contributed by atoms with Gasteiger partial charge in [0.05, 0.1) is 51.8 Å². The van der Waals surface area contributed by atoms with Gasteiger partial charge >= 0.3 is 0 Å². The maximum absolute atomic E-state index is 13.0. The fourth-order valence-corrected chi connectivity index (χ4v) is 4.18. The molecule has 0 spiro atoms. The van der Waals surface area contributed by atoms with E-state index in [1.165, 1.54) is 7.11 Å².